The summed E-state index contributed by atoms with van der Waals surface area (Å²) in [5.74, 6) is -0.774. The van der Waals surface area contributed by atoms with Crippen LogP contribution in [-0.2, 0) is 11.3 Å². The van der Waals surface area contributed by atoms with Crippen molar-refractivity contribution in [1.29, 1.82) is 0 Å². The van der Waals surface area contributed by atoms with E-state index < -0.39 is 5.97 Å². The van der Waals surface area contributed by atoms with Crippen LogP contribution in [0.4, 0.5) is 0 Å². The lowest BCUT2D eigenvalue weighted by atomic mass is 10.2. The van der Waals surface area contributed by atoms with Crippen molar-refractivity contribution in [2.45, 2.75) is 32.2 Å². The van der Waals surface area contributed by atoms with Crippen molar-refractivity contribution in [1.82, 2.24) is 9.55 Å². The van der Waals surface area contributed by atoms with Crippen LogP contribution in [0.2, 0.25) is 0 Å². The standard InChI is InChI=1S/C14H16N2O3/c17-13(18)8-2-1-5-9-16-10-15-12-7-4-3-6-11(12)14(16)19/h3-4,6-7,10H,1-2,5,8-9H2,(H,17,18). The van der Waals surface area contributed by atoms with Gasteiger partial charge in [0.1, 0.15) is 0 Å². The van der Waals surface area contributed by atoms with Crippen LogP contribution in [0, 0.1) is 0 Å². The van der Waals surface area contributed by atoms with E-state index in [1.54, 1.807) is 17.0 Å². The van der Waals surface area contributed by atoms with Gasteiger partial charge in [0.25, 0.3) is 5.56 Å². The molecule has 2 aromatic rings. The molecule has 1 heterocycles. The molecular formula is C14H16N2O3. The molecular weight excluding hydrogens is 244 g/mol. The highest BCUT2D eigenvalue weighted by molar-refractivity contribution is 5.76. The maximum Gasteiger partial charge on any atom is 0.303 e. The molecule has 0 spiro atoms. The van der Waals surface area contributed by atoms with Gasteiger partial charge in [-0.15, -0.1) is 0 Å². The van der Waals surface area contributed by atoms with Crippen molar-refractivity contribution < 1.29 is 9.90 Å². The maximum absolute atomic E-state index is 12.1. The Balaban J connectivity index is 1.99. The molecule has 0 atom stereocenters. The predicted molar refractivity (Wildman–Crippen MR) is 72.1 cm³/mol. The molecule has 5 nitrogen and oxygen atoms in total. The number of hydrogen-bond donors (Lipinski definition) is 1. The Bertz CT molecular complexity index is 634. The third kappa shape index (κ3) is 3.40. The third-order valence-corrected chi connectivity index (χ3v) is 3.02. The van der Waals surface area contributed by atoms with Gasteiger partial charge in [0.05, 0.1) is 17.2 Å². The number of benzene rings is 1. The first-order chi connectivity index (χ1) is 9.18. The molecule has 1 N–H and O–H groups in total. The zero-order chi connectivity index (χ0) is 13.7. The summed E-state index contributed by atoms with van der Waals surface area (Å²) >= 11 is 0. The Hall–Kier alpha value is -2.17. The number of carboxylic acid groups (broad SMARTS) is 1. The molecule has 0 fully saturated rings. The van der Waals surface area contributed by atoms with Crippen LogP contribution in [0.25, 0.3) is 10.9 Å². The number of hydrogen-bond acceptors (Lipinski definition) is 3. The number of carbonyl (C=O) groups is 1. The van der Waals surface area contributed by atoms with Gasteiger partial charge in [0.2, 0.25) is 0 Å². The van der Waals surface area contributed by atoms with Crippen molar-refractivity contribution in [3.05, 3.63) is 40.9 Å². The Morgan fingerprint density at radius 1 is 1.21 bits per heavy atom. The van der Waals surface area contributed by atoms with Gasteiger partial charge in [-0.1, -0.05) is 18.6 Å². The molecule has 2 rings (SSSR count). The second kappa shape index (κ2) is 6.13. The second-order valence-electron chi connectivity index (χ2n) is 4.46. The lowest BCUT2D eigenvalue weighted by Crippen LogP contribution is -2.20. The third-order valence-electron chi connectivity index (χ3n) is 3.02. The van der Waals surface area contributed by atoms with E-state index in [0.29, 0.717) is 23.9 Å². The molecule has 0 aliphatic rings. The second-order valence-corrected chi connectivity index (χ2v) is 4.46. The lowest BCUT2D eigenvalue weighted by molar-refractivity contribution is -0.137. The number of nitrogens with zero attached hydrogens (tertiary/aromatic N) is 2. The summed E-state index contributed by atoms with van der Waals surface area (Å²) in [5, 5.41) is 9.15. The highest BCUT2D eigenvalue weighted by atomic mass is 16.4. The van der Waals surface area contributed by atoms with Crippen LogP contribution in [0.1, 0.15) is 25.7 Å². The fourth-order valence-corrected chi connectivity index (χ4v) is 2.00. The Labute approximate surface area is 110 Å². The summed E-state index contributed by atoms with van der Waals surface area (Å²) in [6, 6.07) is 7.26. The molecule has 1 aromatic heterocycles. The summed E-state index contributed by atoms with van der Waals surface area (Å²) in [6.07, 6.45) is 3.97. The number of aryl methyl sites for hydroxylation is 1. The van der Waals surface area contributed by atoms with Crippen molar-refractivity contribution in [2.24, 2.45) is 0 Å². The monoisotopic (exact) mass is 260 g/mol. The van der Waals surface area contributed by atoms with E-state index in [4.69, 9.17) is 5.11 Å². The average Bonchev–Trinajstić information content (AvgIpc) is 2.41. The smallest absolute Gasteiger partial charge is 0.303 e. The van der Waals surface area contributed by atoms with E-state index in [2.05, 4.69) is 4.98 Å². The number of unbranched alkanes of at least 4 members (excludes halogenated alkanes) is 2. The summed E-state index contributed by atoms with van der Waals surface area (Å²) in [5.41, 5.74) is 0.665. The van der Waals surface area contributed by atoms with Gasteiger partial charge in [0, 0.05) is 13.0 Å². The highest BCUT2D eigenvalue weighted by Crippen LogP contribution is 2.06. The van der Waals surface area contributed by atoms with Gasteiger partial charge < -0.3 is 5.11 Å². The largest absolute Gasteiger partial charge is 0.481 e. The van der Waals surface area contributed by atoms with Gasteiger partial charge in [-0.05, 0) is 25.0 Å². The first-order valence-corrected chi connectivity index (χ1v) is 6.34. The molecule has 1 aromatic carbocycles. The van der Waals surface area contributed by atoms with E-state index in [1.165, 1.54) is 0 Å². The van der Waals surface area contributed by atoms with E-state index in [1.807, 2.05) is 18.2 Å². The SMILES string of the molecule is O=C(O)CCCCCn1cnc2ccccc2c1=O. The van der Waals surface area contributed by atoms with E-state index in [-0.39, 0.29) is 12.0 Å². The molecule has 5 heteroatoms. The molecule has 0 amide bonds. The van der Waals surface area contributed by atoms with Crippen molar-refractivity contribution in [3.63, 3.8) is 0 Å². The van der Waals surface area contributed by atoms with Gasteiger partial charge in [-0.2, -0.15) is 0 Å². The maximum atomic E-state index is 12.1. The van der Waals surface area contributed by atoms with E-state index >= 15 is 0 Å². The topological polar surface area (TPSA) is 72.2 Å². The number of para-hydroxylation sites is 1. The first-order valence-electron chi connectivity index (χ1n) is 6.34. The minimum atomic E-state index is -0.774. The van der Waals surface area contributed by atoms with Crippen LogP contribution in [0.15, 0.2) is 35.4 Å². The minimum Gasteiger partial charge on any atom is -0.481 e. The molecule has 19 heavy (non-hydrogen) atoms. The van der Waals surface area contributed by atoms with Crippen molar-refractivity contribution in [2.75, 3.05) is 0 Å². The normalized spacial score (nSPS) is 10.7. The van der Waals surface area contributed by atoms with E-state index in [9.17, 15) is 9.59 Å². The fourth-order valence-electron chi connectivity index (χ4n) is 2.00. The Kier molecular flexibility index (Phi) is 4.28. The van der Waals surface area contributed by atoms with E-state index in [0.717, 1.165) is 12.8 Å². The number of aromatic nitrogens is 2. The highest BCUT2D eigenvalue weighted by Gasteiger charge is 2.03. The van der Waals surface area contributed by atoms with Crippen LogP contribution in [0.5, 0.6) is 0 Å². The first kappa shape index (κ1) is 13.3. The fraction of sp³-hybridized carbons (Fsp3) is 0.357. The molecule has 0 radical (unpaired) electrons. The van der Waals surface area contributed by atoms with Gasteiger partial charge >= 0.3 is 5.97 Å². The van der Waals surface area contributed by atoms with Crippen LogP contribution in [0.3, 0.4) is 0 Å². The number of fused-ring (bicyclic) bond motifs is 1. The molecule has 0 aliphatic carbocycles. The van der Waals surface area contributed by atoms with Crippen molar-refractivity contribution >= 4 is 16.9 Å². The molecule has 0 saturated carbocycles. The summed E-state index contributed by atoms with van der Waals surface area (Å²) in [4.78, 5) is 26.7. The predicted octanol–water partition coefficient (Wildman–Crippen LogP) is 2.04. The van der Waals surface area contributed by atoms with Crippen LogP contribution >= 0.6 is 0 Å². The quantitative estimate of drug-likeness (QED) is 0.807. The van der Waals surface area contributed by atoms with Crippen molar-refractivity contribution in [3.8, 4) is 0 Å². The Morgan fingerprint density at radius 3 is 2.79 bits per heavy atom. The number of carboxylic acids is 1. The minimum absolute atomic E-state index is 0.0381. The summed E-state index contributed by atoms with van der Waals surface area (Å²) in [6.45, 7) is 0.580. The van der Waals surface area contributed by atoms with Gasteiger partial charge in [0.15, 0.2) is 0 Å². The molecule has 100 valence electrons. The number of aliphatic carboxylic acids is 1. The average molecular weight is 260 g/mol. The zero-order valence-electron chi connectivity index (χ0n) is 10.6. The van der Waals surface area contributed by atoms with Gasteiger partial charge in [-0.3, -0.25) is 14.2 Å². The summed E-state index contributed by atoms with van der Waals surface area (Å²) < 4.78 is 1.59. The van der Waals surface area contributed by atoms with Crippen LogP contribution < -0.4 is 5.56 Å². The molecule has 0 saturated heterocycles. The molecule has 0 unspecified atom stereocenters. The molecule has 0 bridgehead atoms. The molecule has 0 aliphatic heterocycles. The Morgan fingerprint density at radius 2 is 2.00 bits per heavy atom. The lowest BCUT2D eigenvalue weighted by Gasteiger charge is -2.06. The zero-order valence-corrected chi connectivity index (χ0v) is 10.6. The number of rotatable bonds is 6. The van der Waals surface area contributed by atoms with Gasteiger partial charge in [-0.25, -0.2) is 4.98 Å². The van der Waals surface area contributed by atoms with Crippen LogP contribution in [-0.4, -0.2) is 20.6 Å². The summed E-state index contributed by atoms with van der Waals surface area (Å²) in [7, 11) is 0.